The van der Waals surface area contributed by atoms with Crippen LogP contribution in [0.25, 0.3) is 0 Å². The molecule has 1 rings (SSSR count). The molecular weight excluding hydrogens is 170 g/mol. The van der Waals surface area contributed by atoms with E-state index in [-0.39, 0.29) is 30.4 Å². The van der Waals surface area contributed by atoms with Crippen LogP contribution < -0.4 is 0 Å². The summed E-state index contributed by atoms with van der Waals surface area (Å²) in [6.45, 7) is -0.549. The average molecular weight is 178 g/mol. The van der Waals surface area contributed by atoms with Gasteiger partial charge in [-0.25, -0.2) is 4.90 Å². The number of hydrogen-bond acceptors (Lipinski definition) is 2. The van der Waals surface area contributed by atoms with Gasteiger partial charge in [-0.1, -0.05) is 0 Å². The molecule has 0 amide bonds. The summed E-state index contributed by atoms with van der Waals surface area (Å²) in [5.41, 5.74) is 0. The minimum Gasteiger partial charge on any atom is -0.390 e. The maximum absolute atomic E-state index is 11.5. The van der Waals surface area contributed by atoms with Crippen LogP contribution in [0.15, 0.2) is 0 Å². The molecule has 0 aromatic carbocycles. The number of aliphatic hydroxyl groups is 1. The molecule has 1 N–H and O–H groups in total. The van der Waals surface area contributed by atoms with Gasteiger partial charge in [-0.05, 0) is 0 Å². The molecule has 1 heterocycles. The van der Waals surface area contributed by atoms with Gasteiger partial charge in [0.1, 0.15) is 0 Å². The first-order valence-corrected chi connectivity index (χ1v) is 2.50. The van der Waals surface area contributed by atoms with Gasteiger partial charge < -0.3 is 5.11 Å². The molecule has 0 saturated carbocycles. The van der Waals surface area contributed by atoms with Crippen molar-refractivity contribution in [3.8, 4) is 0 Å². The Balaban J connectivity index is 0.000000810. The fourth-order valence-corrected chi connectivity index (χ4v) is 0.662. The van der Waals surface area contributed by atoms with E-state index in [1.165, 1.54) is 0 Å². The van der Waals surface area contributed by atoms with Crippen LogP contribution in [0.3, 0.4) is 0 Å². The van der Waals surface area contributed by atoms with Crippen LogP contribution in [0.2, 0.25) is 0 Å². The Kier molecular flexibility index (Phi) is 2.94. The van der Waals surface area contributed by atoms with Crippen LogP contribution >= 0.6 is 12.4 Å². The highest BCUT2D eigenvalue weighted by Crippen LogP contribution is 2.26. The molecule has 1 aliphatic heterocycles. The number of hydrogen-bond donors (Lipinski definition) is 1. The van der Waals surface area contributed by atoms with Gasteiger partial charge in [-0.3, -0.25) is 0 Å². The van der Waals surface area contributed by atoms with Crippen molar-refractivity contribution in [1.82, 2.24) is 4.90 Å². The zero-order valence-corrected chi connectivity index (χ0v) is 5.74. The van der Waals surface area contributed by atoms with Crippen LogP contribution in [-0.2, 0) is 0 Å². The molecule has 2 nitrogen and oxygen atoms in total. The number of nitrogens with zero attached hydrogens (tertiary/aromatic N) is 1. The second kappa shape index (κ2) is 2.94. The average Bonchev–Trinajstić information content (AvgIpc) is 1.55. The van der Waals surface area contributed by atoms with Gasteiger partial charge in [-0.2, -0.15) is 13.2 Å². The van der Waals surface area contributed by atoms with E-state index in [1.54, 1.807) is 0 Å². The first kappa shape index (κ1) is 10.0. The van der Waals surface area contributed by atoms with Gasteiger partial charge in [0.05, 0.1) is 6.10 Å². The van der Waals surface area contributed by atoms with Crippen molar-refractivity contribution in [2.75, 3.05) is 13.1 Å². The molecule has 62 valence electrons. The number of alkyl halides is 3. The molecule has 0 atom stereocenters. The lowest BCUT2D eigenvalue weighted by Gasteiger charge is -2.36. The summed E-state index contributed by atoms with van der Waals surface area (Å²) in [6.07, 6.45) is -5.04. The smallest absolute Gasteiger partial charge is 0.390 e. The molecule has 1 aliphatic rings. The minimum absolute atomic E-state index is 0. The largest absolute Gasteiger partial charge is 0.460 e. The monoisotopic (exact) mass is 177 g/mol. The highest BCUT2D eigenvalue weighted by molar-refractivity contribution is 5.85. The van der Waals surface area contributed by atoms with Crippen molar-refractivity contribution in [2.45, 2.75) is 12.4 Å². The first-order valence-electron chi connectivity index (χ1n) is 2.50. The minimum atomic E-state index is -4.25. The Labute approximate surface area is 62.0 Å². The first-order chi connectivity index (χ1) is 4.00. The molecular formula is C4H7ClF3NO. The number of likely N-dealkylation sites (tertiary alicyclic amines) is 1. The summed E-state index contributed by atoms with van der Waals surface area (Å²) in [5, 5.41) is 8.44. The van der Waals surface area contributed by atoms with Gasteiger partial charge >= 0.3 is 6.30 Å². The molecule has 10 heavy (non-hydrogen) atoms. The third-order valence-corrected chi connectivity index (χ3v) is 1.22. The molecule has 0 spiro atoms. The number of aliphatic hydroxyl groups excluding tert-OH is 1. The van der Waals surface area contributed by atoms with Crippen molar-refractivity contribution < 1.29 is 18.3 Å². The van der Waals surface area contributed by atoms with Crippen LogP contribution in [0.4, 0.5) is 13.2 Å². The van der Waals surface area contributed by atoms with E-state index in [9.17, 15) is 13.2 Å². The second-order valence-electron chi connectivity index (χ2n) is 2.03. The Morgan fingerprint density at radius 2 is 1.70 bits per heavy atom. The van der Waals surface area contributed by atoms with E-state index < -0.39 is 12.4 Å². The predicted octanol–water partition coefficient (Wildman–Crippen LogP) is 0.605. The molecule has 1 saturated heterocycles. The van der Waals surface area contributed by atoms with E-state index in [0.717, 1.165) is 0 Å². The Bertz CT molecular complexity index is 112. The van der Waals surface area contributed by atoms with Crippen LogP contribution in [-0.4, -0.2) is 35.5 Å². The zero-order chi connectivity index (χ0) is 7.07. The van der Waals surface area contributed by atoms with E-state index >= 15 is 0 Å². The van der Waals surface area contributed by atoms with Crippen molar-refractivity contribution >= 4 is 12.4 Å². The second-order valence-corrected chi connectivity index (χ2v) is 2.03. The number of halogens is 4. The van der Waals surface area contributed by atoms with Gasteiger partial charge in [0.15, 0.2) is 0 Å². The summed E-state index contributed by atoms with van der Waals surface area (Å²) in [5.74, 6) is 0. The molecule has 0 unspecified atom stereocenters. The van der Waals surface area contributed by atoms with Crippen LogP contribution in [0, 0.1) is 0 Å². The molecule has 1 fully saturated rings. The summed E-state index contributed by atoms with van der Waals surface area (Å²) in [4.78, 5) is 0.262. The molecule has 0 aromatic heterocycles. The predicted molar refractivity (Wildman–Crippen MR) is 30.9 cm³/mol. The fraction of sp³-hybridized carbons (Fsp3) is 1.00. The normalized spacial score (nSPS) is 21.6. The highest BCUT2D eigenvalue weighted by atomic mass is 35.5. The lowest BCUT2D eigenvalue weighted by molar-refractivity contribution is -0.282. The van der Waals surface area contributed by atoms with Gasteiger partial charge in [0, 0.05) is 13.1 Å². The lowest BCUT2D eigenvalue weighted by Crippen LogP contribution is -2.57. The van der Waals surface area contributed by atoms with Crippen molar-refractivity contribution in [1.29, 1.82) is 0 Å². The maximum Gasteiger partial charge on any atom is 0.460 e. The van der Waals surface area contributed by atoms with E-state index in [2.05, 4.69) is 0 Å². The topological polar surface area (TPSA) is 23.5 Å². The van der Waals surface area contributed by atoms with Crippen molar-refractivity contribution in [2.24, 2.45) is 0 Å². The third-order valence-electron chi connectivity index (χ3n) is 1.22. The van der Waals surface area contributed by atoms with E-state index in [1.807, 2.05) is 0 Å². The molecule has 0 bridgehead atoms. The maximum atomic E-state index is 11.5. The van der Waals surface area contributed by atoms with Gasteiger partial charge in [0.25, 0.3) is 0 Å². The molecule has 0 radical (unpaired) electrons. The third kappa shape index (κ3) is 2.00. The van der Waals surface area contributed by atoms with Crippen molar-refractivity contribution in [3.63, 3.8) is 0 Å². The summed E-state index contributed by atoms with van der Waals surface area (Å²) in [7, 11) is 0. The van der Waals surface area contributed by atoms with Crippen LogP contribution in [0.1, 0.15) is 0 Å². The molecule has 0 aliphatic carbocycles. The zero-order valence-electron chi connectivity index (χ0n) is 4.93. The summed E-state index contributed by atoms with van der Waals surface area (Å²) < 4.78 is 34.5. The SMILES string of the molecule is Cl.OC1CN(C(F)(F)F)C1. The lowest BCUT2D eigenvalue weighted by atomic mass is 10.2. The Morgan fingerprint density at radius 3 is 1.80 bits per heavy atom. The van der Waals surface area contributed by atoms with E-state index in [4.69, 9.17) is 5.11 Å². The van der Waals surface area contributed by atoms with Gasteiger partial charge in [0.2, 0.25) is 0 Å². The summed E-state index contributed by atoms with van der Waals surface area (Å²) in [6, 6.07) is 0. The Hall–Kier alpha value is -0.0000000000000000555. The molecule has 0 aromatic rings. The Morgan fingerprint density at radius 1 is 1.30 bits per heavy atom. The summed E-state index contributed by atoms with van der Waals surface area (Å²) >= 11 is 0. The quantitative estimate of drug-likeness (QED) is 0.548. The standard InChI is InChI=1S/C4H6F3NO.ClH/c5-4(6,7)8-1-3(9)2-8;/h3,9H,1-2H2;1H. The van der Waals surface area contributed by atoms with Crippen molar-refractivity contribution in [3.05, 3.63) is 0 Å². The number of β-amino-alcohol motifs (C(OH)–C–C–N with tert-alkyl or cyclic N) is 1. The van der Waals surface area contributed by atoms with Crippen LogP contribution in [0.5, 0.6) is 0 Å². The van der Waals surface area contributed by atoms with Gasteiger partial charge in [-0.15, -0.1) is 12.4 Å². The molecule has 6 heteroatoms. The highest BCUT2D eigenvalue weighted by Gasteiger charge is 2.44. The van der Waals surface area contributed by atoms with E-state index in [0.29, 0.717) is 0 Å². The fourth-order valence-electron chi connectivity index (χ4n) is 0.662. The number of rotatable bonds is 0.